The van der Waals surface area contributed by atoms with Crippen molar-refractivity contribution in [3.05, 3.63) is 36.0 Å². The molecule has 0 aliphatic heterocycles. The lowest BCUT2D eigenvalue weighted by molar-refractivity contribution is 1.42. The van der Waals surface area contributed by atoms with Gasteiger partial charge in [-0.15, -0.1) is 0 Å². The third-order valence-corrected chi connectivity index (χ3v) is 1.23. The number of hydrogen-bond donors (Lipinski definition) is 0. The summed E-state index contributed by atoms with van der Waals surface area (Å²) in [6.45, 7) is 9.80. The highest BCUT2D eigenvalue weighted by Gasteiger charge is 1.79. The van der Waals surface area contributed by atoms with E-state index in [1.54, 1.807) is 0 Å². The Balaban J connectivity index is 4.11. The minimum Gasteiger partial charge on any atom is -0.0988 e. The van der Waals surface area contributed by atoms with E-state index < -0.39 is 0 Å². The monoisotopic (exact) mass is 122 g/mol. The van der Waals surface area contributed by atoms with Gasteiger partial charge in [-0.2, -0.15) is 0 Å². The van der Waals surface area contributed by atoms with Gasteiger partial charge in [-0.25, -0.2) is 0 Å². The van der Waals surface area contributed by atoms with Crippen LogP contribution in [0.1, 0.15) is 20.8 Å². The average Bonchev–Trinajstić information content (AvgIpc) is 1.87. The van der Waals surface area contributed by atoms with Crippen LogP contribution < -0.4 is 0 Å². The topological polar surface area (TPSA) is 0 Å². The van der Waals surface area contributed by atoms with Gasteiger partial charge in [-0.3, -0.25) is 0 Å². The van der Waals surface area contributed by atoms with Gasteiger partial charge in [-0.1, -0.05) is 36.0 Å². The van der Waals surface area contributed by atoms with Gasteiger partial charge >= 0.3 is 0 Å². The minimum absolute atomic E-state index is 1.21. The van der Waals surface area contributed by atoms with Crippen LogP contribution in [0, 0.1) is 0 Å². The van der Waals surface area contributed by atoms with Crippen LogP contribution in [-0.2, 0) is 0 Å². The number of rotatable bonds is 2. The molecule has 0 aliphatic rings. The van der Waals surface area contributed by atoms with Crippen molar-refractivity contribution in [3.8, 4) is 0 Å². The van der Waals surface area contributed by atoms with Crippen LogP contribution in [0.25, 0.3) is 0 Å². The van der Waals surface area contributed by atoms with Gasteiger partial charge in [0.2, 0.25) is 0 Å². The third kappa shape index (κ3) is 3.77. The first-order valence-corrected chi connectivity index (χ1v) is 3.14. The molecule has 0 radical (unpaired) electrons. The van der Waals surface area contributed by atoms with Crippen molar-refractivity contribution >= 4 is 0 Å². The molecule has 0 bridgehead atoms. The van der Waals surface area contributed by atoms with E-state index in [4.69, 9.17) is 0 Å². The van der Waals surface area contributed by atoms with Crippen molar-refractivity contribution in [2.45, 2.75) is 20.8 Å². The smallest absolute Gasteiger partial charge is 0.0398 e. The zero-order valence-corrected chi connectivity index (χ0v) is 6.44. The Kier molecular flexibility index (Phi) is 3.78. The van der Waals surface area contributed by atoms with E-state index in [2.05, 4.69) is 25.7 Å². The molecule has 0 rings (SSSR count). The quantitative estimate of drug-likeness (QED) is 0.494. The Morgan fingerprint density at radius 1 is 1.22 bits per heavy atom. The summed E-state index contributed by atoms with van der Waals surface area (Å²) in [6, 6.07) is 0. The van der Waals surface area contributed by atoms with E-state index in [0.29, 0.717) is 0 Å². The molecule has 0 aromatic rings. The van der Waals surface area contributed by atoms with Crippen LogP contribution in [0.2, 0.25) is 0 Å². The lowest BCUT2D eigenvalue weighted by atomic mass is 10.2. The summed E-state index contributed by atoms with van der Waals surface area (Å²) in [6.07, 6.45) is 6.03. The van der Waals surface area contributed by atoms with E-state index in [0.717, 1.165) is 0 Å². The normalized spacial score (nSPS) is 13.7. The summed E-state index contributed by atoms with van der Waals surface area (Å²) in [4.78, 5) is 0. The van der Waals surface area contributed by atoms with E-state index in [1.807, 2.05) is 19.9 Å². The van der Waals surface area contributed by atoms with Crippen molar-refractivity contribution in [1.82, 2.24) is 0 Å². The Morgan fingerprint density at radius 3 is 2.11 bits per heavy atom. The molecule has 0 saturated heterocycles. The molecule has 0 aliphatic carbocycles. The molecular formula is C9H14. The first kappa shape index (κ1) is 8.22. The second-order valence-corrected chi connectivity index (χ2v) is 2.13. The summed E-state index contributed by atoms with van der Waals surface area (Å²) in [7, 11) is 0. The summed E-state index contributed by atoms with van der Waals surface area (Å²) in [5.41, 5.74) is 2.50. The van der Waals surface area contributed by atoms with Crippen molar-refractivity contribution in [3.63, 3.8) is 0 Å². The summed E-state index contributed by atoms with van der Waals surface area (Å²) >= 11 is 0. The molecular weight excluding hydrogens is 108 g/mol. The Bertz CT molecular complexity index is 147. The van der Waals surface area contributed by atoms with Crippen LogP contribution in [0.4, 0.5) is 0 Å². The SMILES string of the molecule is C=CC(C)=CC(C)=CC. The molecule has 50 valence electrons. The Hall–Kier alpha value is -0.780. The summed E-state index contributed by atoms with van der Waals surface area (Å²) in [5.74, 6) is 0. The molecule has 0 fully saturated rings. The van der Waals surface area contributed by atoms with Crippen molar-refractivity contribution in [2.24, 2.45) is 0 Å². The highest BCUT2D eigenvalue weighted by atomic mass is 13.9. The molecule has 9 heavy (non-hydrogen) atoms. The van der Waals surface area contributed by atoms with Crippen LogP contribution in [-0.4, -0.2) is 0 Å². The van der Waals surface area contributed by atoms with Crippen molar-refractivity contribution in [2.75, 3.05) is 0 Å². The molecule has 0 heterocycles. The van der Waals surface area contributed by atoms with E-state index in [-0.39, 0.29) is 0 Å². The van der Waals surface area contributed by atoms with Gasteiger partial charge in [0.05, 0.1) is 0 Å². The van der Waals surface area contributed by atoms with Crippen LogP contribution in [0.3, 0.4) is 0 Å². The van der Waals surface area contributed by atoms with Crippen molar-refractivity contribution in [1.29, 1.82) is 0 Å². The van der Waals surface area contributed by atoms with E-state index in [1.165, 1.54) is 11.1 Å². The largest absolute Gasteiger partial charge is 0.0988 e. The maximum atomic E-state index is 3.65. The van der Waals surface area contributed by atoms with Crippen LogP contribution in [0.5, 0.6) is 0 Å². The fourth-order valence-corrected chi connectivity index (χ4v) is 0.501. The molecule has 0 unspecified atom stereocenters. The first-order valence-electron chi connectivity index (χ1n) is 3.14. The zero-order valence-electron chi connectivity index (χ0n) is 6.44. The standard InChI is InChI=1S/C9H14/c1-5-8(3)7-9(4)6-2/h5-7H,1H2,2-4H3. The average molecular weight is 122 g/mol. The number of allylic oxidation sites excluding steroid dienone is 5. The molecule has 0 nitrogen and oxygen atoms in total. The van der Waals surface area contributed by atoms with Crippen LogP contribution >= 0.6 is 0 Å². The lowest BCUT2D eigenvalue weighted by Crippen LogP contribution is -1.69. The molecule has 0 heteroatoms. The van der Waals surface area contributed by atoms with Gasteiger partial charge in [0.25, 0.3) is 0 Å². The maximum Gasteiger partial charge on any atom is -0.0398 e. The molecule has 0 saturated carbocycles. The van der Waals surface area contributed by atoms with Gasteiger partial charge in [0, 0.05) is 0 Å². The van der Waals surface area contributed by atoms with Crippen molar-refractivity contribution < 1.29 is 0 Å². The maximum absolute atomic E-state index is 3.65. The van der Waals surface area contributed by atoms with Gasteiger partial charge < -0.3 is 0 Å². The minimum atomic E-state index is 1.21. The molecule has 0 aromatic carbocycles. The Morgan fingerprint density at radius 2 is 1.78 bits per heavy atom. The first-order chi connectivity index (χ1) is 4.20. The van der Waals surface area contributed by atoms with Gasteiger partial charge in [-0.05, 0) is 20.8 Å². The molecule has 0 atom stereocenters. The predicted molar refractivity (Wildman–Crippen MR) is 43.4 cm³/mol. The summed E-state index contributed by atoms with van der Waals surface area (Å²) < 4.78 is 0. The van der Waals surface area contributed by atoms with E-state index >= 15 is 0 Å². The third-order valence-electron chi connectivity index (χ3n) is 1.23. The molecule has 0 aromatic heterocycles. The second kappa shape index (κ2) is 4.13. The molecule has 0 N–H and O–H groups in total. The fraction of sp³-hybridized carbons (Fsp3) is 0.333. The molecule has 0 amide bonds. The van der Waals surface area contributed by atoms with Gasteiger partial charge in [0.1, 0.15) is 0 Å². The summed E-state index contributed by atoms with van der Waals surface area (Å²) in [5, 5.41) is 0. The Labute approximate surface area is 57.6 Å². The highest BCUT2D eigenvalue weighted by Crippen LogP contribution is 2.00. The van der Waals surface area contributed by atoms with E-state index in [9.17, 15) is 0 Å². The lowest BCUT2D eigenvalue weighted by Gasteiger charge is -1.90. The fourth-order valence-electron chi connectivity index (χ4n) is 0.501. The number of hydrogen-bond acceptors (Lipinski definition) is 0. The predicted octanol–water partition coefficient (Wildman–Crippen LogP) is 3.08. The molecule has 0 spiro atoms. The van der Waals surface area contributed by atoms with Gasteiger partial charge in [0.15, 0.2) is 0 Å². The second-order valence-electron chi connectivity index (χ2n) is 2.13. The highest BCUT2D eigenvalue weighted by molar-refractivity contribution is 5.25. The zero-order chi connectivity index (χ0) is 7.28. The van der Waals surface area contributed by atoms with Crippen LogP contribution in [0.15, 0.2) is 36.0 Å².